The van der Waals surface area contributed by atoms with Crippen molar-refractivity contribution in [2.75, 3.05) is 11.9 Å². The van der Waals surface area contributed by atoms with Gasteiger partial charge in [-0.25, -0.2) is 0 Å². The Morgan fingerprint density at radius 2 is 2.05 bits per heavy atom. The zero-order chi connectivity index (χ0) is 15.3. The van der Waals surface area contributed by atoms with Crippen molar-refractivity contribution < 1.29 is 4.74 Å². The SMILES string of the molecule is CC(C)(C)C1CCCCC1Nc1cccc(OCC#N)c1. The third-order valence-electron chi connectivity index (χ3n) is 4.37. The highest BCUT2D eigenvalue weighted by molar-refractivity contribution is 5.49. The van der Waals surface area contributed by atoms with E-state index in [1.54, 1.807) is 0 Å². The molecule has 1 aromatic carbocycles. The van der Waals surface area contributed by atoms with E-state index in [4.69, 9.17) is 10.00 Å². The number of nitriles is 1. The van der Waals surface area contributed by atoms with E-state index in [0.29, 0.717) is 17.4 Å². The maximum atomic E-state index is 8.59. The average Bonchev–Trinajstić information content (AvgIpc) is 2.45. The first kappa shape index (κ1) is 15.7. The minimum Gasteiger partial charge on any atom is -0.479 e. The second kappa shape index (κ2) is 6.85. The third-order valence-corrected chi connectivity index (χ3v) is 4.37. The van der Waals surface area contributed by atoms with Gasteiger partial charge in [0.1, 0.15) is 11.8 Å². The van der Waals surface area contributed by atoms with Gasteiger partial charge in [-0.2, -0.15) is 5.26 Å². The summed E-state index contributed by atoms with van der Waals surface area (Å²) in [6, 6.07) is 10.5. The fourth-order valence-electron chi connectivity index (χ4n) is 3.35. The van der Waals surface area contributed by atoms with Crippen molar-refractivity contribution in [3.8, 4) is 11.8 Å². The molecule has 1 N–H and O–H groups in total. The Kier molecular flexibility index (Phi) is 5.12. The van der Waals surface area contributed by atoms with Gasteiger partial charge in [-0.05, 0) is 36.3 Å². The van der Waals surface area contributed by atoms with Crippen molar-refractivity contribution in [3.63, 3.8) is 0 Å². The van der Waals surface area contributed by atoms with Gasteiger partial charge >= 0.3 is 0 Å². The van der Waals surface area contributed by atoms with Crippen LogP contribution in [0, 0.1) is 22.7 Å². The lowest BCUT2D eigenvalue weighted by Gasteiger charge is -2.41. The van der Waals surface area contributed by atoms with Gasteiger partial charge in [-0.15, -0.1) is 0 Å². The van der Waals surface area contributed by atoms with Gasteiger partial charge in [0.15, 0.2) is 6.61 Å². The first-order chi connectivity index (χ1) is 10.0. The number of benzene rings is 1. The predicted octanol–water partition coefficient (Wildman–Crippen LogP) is 4.61. The molecule has 114 valence electrons. The van der Waals surface area contributed by atoms with E-state index in [1.807, 2.05) is 24.3 Å². The van der Waals surface area contributed by atoms with Crippen LogP contribution in [0.5, 0.6) is 5.75 Å². The van der Waals surface area contributed by atoms with Crippen LogP contribution in [0.1, 0.15) is 46.5 Å². The van der Waals surface area contributed by atoms with Crippen molar-refractivity contribution in [1.29, 1.82) is 5.26 Å². The minimum absolute atomic E-state index is 0.0947. The monoisotopic (exact) mass is 286 g/mol. The molecule has 0 spiro atoms. The molecule has 21 heavy (non-hydrogen) atoms. The Hall–Kier alpha value is -1.69. The number of anilines is 1. The Labute approximate surface area is 128 Å². The highest BCUT2D eigenvalue weighted by Crippen LogP contribution is 2.39. The van der Waals surface area contributed by atoms with Crippen LogP contribution < -0.4 is 10.1 Å². The van der Waals surface area contributed by atoms with E-state index in [-0.39, 0.29) is 6.61 Å². The van der Waals surface area contributed by atoms with Gasteiger partial charge in [0.05, 0.1) is 0 Å². The molecule has 1 aliphatic carbocycles. The molecule has 3 nitrogen and oxygen atoms in total. The Balaban J connectivity index is 2.07. The third kappa shape index (κ3) is 4.39. The van der Waals surface area contributed by atoms with Crippen molar-refractivity contribution >= 4 is 5.69 Å². The Bertz CT molecular complexity index is 499. The summed E-state index contributed by atoms with van der Waals surface area (Å²) in [5.74, 6) is 1.44. The molecule has 1 aromatic rings. The molecule has 1 fully saturated rings. The van der Waals surface area contributed by atoms with Crippen LogP contribution in [0.3, 0.4) is 0 Å². The molecule has 1 saturated carbocycles. The predicted molar refractivity (Wildman–Crippen MR) is 86.4 cm³/mol. The van der Waals surface area contributed by atoms with Crippen LogP contribution in [0.2, 0.25) is 0 Å². The van der Waals surface area contributed by atoms with Crippen molar-refractivity contribution in [2.24, 2.45) is 11.3 Å². The summed E-state index contributed by atoms with van der Waals surface area (Å²) in [5, 5.41) is 12.3. The summed E-state index contributed by atoms with van der Waals surface area (Å²) in [4.78, 5) is 0. The molecule has 2 unspecified atom stereocenters. The second-order valence-corrected chi connectivity index (χ2v) is 6.98. The molecule has 0 radical (unpaired) electrons. The molecule has 2 rings (SSSR count). The van der Waals surface area contributed by atoms with E-state index in [9.17, 15) is 0 Å². The average molecular weight is 286 g/mol. The number of rotatable bonds is 4. The van der Waals surface area contributed by atoms with Gasteiger partial charge in [-0.3, -0.25) is 0 Å². The Morgan fingerprint density at radius 3 is 2.76 bits per heavy atom. The highest BCUT2D eigenvalue weighted by atomic mass is 16.5. The number of nitrogens with one attached hydrogen (secondary N) is 1. The van der Waals surface area contributed by atoms with Crippen LogP contribution in [0.15, 0.2) is 24.3 Å². The molecular formula is C18H26N2O. The lowest BCUT2D eigenvalue weighted by Crippen LogP contribution is -2.39. The summed E-state index contributed by atoms with van der Waals surface area (Å²) in [5.41, 5.74) is 1.42. The van der Waals surface area contributed by atoms with Gasteiger partial charge in [-0.1, -0.05) is 39.7 Å². The number of nitrogens with zero attached hydrogens (tertiary/aromatic N) is 1. The lowest BCUT2D eigenvalue weighted by atomic mass is 9.69. The normalized spacial score (nSPS) is 22.4. The molecule has 0 bridgehead atoms. The summed E-state index contributed by atoms with van der Waals surface area (Å²) in [7, 11) is 0. The van der Waals surface area contributed by atoms with Crippen LogP contribution in [0.25, 0.3) is 0 Å². The molecule has 3 heteroatoms. The fourth-order valence-corrected chi connectivity index (χ4v) is 3.35. The van der Waals surface area contributed by atoms with E-state index >= 15 is 0 Å². The molecular weight excluding hydrogens is 260 g/mol. The van der Waals surface area contributed by atoms with E-state index in [0.717, 1.165) is 11.4 Å². The maximum absolute atomic E-state index is 8.59. The Morgan fingerprint density at radius 1 is 1.29 bits per heavy atom. The lowest BCUT2D eigenvalue weighted by molar-refractivity contribution is 0.163. The molecule has 0 saturated heterocycles. The van der Waals surface area contributed by atoms with Crippen molar-refractivity contribution in [3.05, 3.63) is 24.3 Å². The summed E-state index contributed by atoms with van der Waals surface area (Å²) >= 11 is 0. The van der Waals surface area contributed by atoms with Gasteiger partial charge in [0.2, 0.25) is 0 Å². The first-order valence-electron chi connectivity index (χ1n) is 7.87. The van der Waals surface area contributed by atoms with Gasteiger partial charge < -0.3 is 10.1 Å². The molecule has 2 atom stereocenters. The largest absolute Gasteiger partial charge is 0.479 e. The summed E-state index contributed by atoms with van der Waals surface area (Å²) in [6.07, 6.45) is 5.16. The topological polar surface area (TPSA) is 45.0 Å². The van der Waals surface area contributed by atoms with Gasteiger partial charge in [0, 0.05) is 17.8 Å². The summed E-state index contributed by atoms with van der Waals surface area (Å²) < 4.78 is 5.38. The molecule has 0 amide bonds. The molecule has 1 aliphatic rings. The van der Waals surface area contributed by atoms with E-state index in [1.165, 1.54) is 25.7 Å². The van der Waals surface area contributed by atoms with Crippen molar-refractivity contribution in [2.45, 2.75) is 52.5 Å². The molecule has 0 heterocycles. The highest BCUT2D eigenvalue weighted by Gasteiger charge is 2.33. The maximum Gasteiger partial charge on any atom is 0.174 e. The van der Waals surface area contributed by atoms with Crippen LogP contribution in [-0.4, -0.2) is 12.6 Å². The zero-order valence-electron chi connectivity index (χ0n) is 13.4. The fraction of sp³-hybridized carbons (Fsp3) is 0.611. The van der Waals surface area contributed by atoms with E-state index < -0.39 is 0 Å². The number of hydrogen-bond donors (Lipinski definition) is 1. The van der Waals surface area contributed by atoms with Gasteiger partial charge in [0.25, 0.3) is 0 Å². The van der Waals surface area contributed by atoms with Crippen LogP contribution >= 0.6 is 0 Å². The number of hydrogen-bond acceptors (Lipinski definition) is 3. The number of ether oxygens (including phenoxy) is 1. The smallest absolute Gasteiger partial charge is 0.174 e. The second-order valence-electron chi connectivity index (χ2n) is 6.98. The first-order valence-corrected chi connectivity index (χ1v) is 7.87. The zero-order valence-corrected chi connectivity index (χ0v) is 13.4. The van der Waals surface area contributed by atoms with Crippen LogP contribution in [-0.2, 0) is 0 Å². The quantitative estimate of drug-likeness (QED) is 0.879. The summed E-state index contributed by atoms with van der Waals surface area (Å²) in [6.45, 7) is 7.11. The van der Waals surface area contributed by atoms with E-state index in [2.05, 4.69) is 32.2 Å². The standard InChI is InChI=1S/C18H26N2O/c1-18(2,3)16-9-4-5-10-17(16)20-14-7-6-8-15(13-14)21-12-11-19/h6-8,13,16-17,20H,4-5,9-10,12H2,1-3H3. The van der Waals surface area contributed by atoms with Crippen molar-refractivity contribution in [1.82, 2.24) is 0 Å². The molecule has 0 aliphatic heterocycles. The molecule has 0 aromatic heterocycles. The van der Waals surface area contributed by atoms with Crippen LogP contribution in [0.4, 0.5) is 5.69 Å². The minimum atomic E-state index is 0.0947.